The molecule has 4 N–H and O–H groups in total. The third-order valence-electron chi connectivity index (χ3n) is 4.76. The molecule has 160 valence electrons. The van der Waals surface area contributed by atoms with E-state index in [9.17, 15) is 14.4 Å². The average molecular weight is 451 g/mol. The normalized spacial score (nSPS) is 10.8. The molecular weight excluding hydrogens is 435 g/mol. The van der Waals surface area contributed by atoms with Crippen LogP contribution in [0.3, 0.4) is 0 Å². The average Bonchev–Trinajstić information content (AvgIpc) is 2.74. The van der Waals surface area contributed by atoms with Gasteiger partial charge in [-0.05, 0) is 37.3 Å². The van der Waals surface area contributed by atoms with Gasteiger partial charge in [0.15, 0.2) is 5.82 Å². The summed E-state index contributed by atoms with van der Waals surface area (Å²) in [4.78, 5) is 27.7. The number of rotatable bonds is 4. The first-order valence-electron chi connectivity index (χ1n) is 9.43. The molecule has 0 aliphatic rings. The number of halogens is 2. The van der Waals surface area contributed by atoms with Crippen LogP contribution < -0.4 is 21.9 Å². The first kappa shape index (κ1) is 21.0. The Labute approximate surface area is 186 Å². The lowest BCUT2D eigenvalue weighted by Gasteiger charge is -2.26. The van der Waals surface area contributed by atoms with Crippen LogP contribution in [0.5, 0.6) is 0 Å². The number of hydrogen-bond donors (Lipinski definition) is 2. The lowest BCUT2D eigenvalue weighted by Crippen LogP contribution is -2.31. The molecule has 4 rings (SSSR count). The van der Waals surface area contributed by atoms with Gasteiger partial charge in [0, 0.05) is 6.54 Å². The number of nitriles is 1. The van der Waals surface area contributed by atoms with Crippen molar-refractivity contribution < 1.29 is 4.39 Å². The van der Waals surface area contributed by atoms with E-state index in [4.69, 9.17) is 23.1 Å². The molecule has 0 atom stereocenters. The number of aromatic nitrogens is 4. The SMILES string of the molecule is CCN(c1nc(N)nc(N)c1C#N)c1nc2cccc(Cl)c2c(=O)n1-c1cccc(F)c1. The van der Waals surface area contributed by atoms with Gasteiger partial charge in [0.2, 0.25) is 11.9 Å². The Bertz CT molecular complexity index is 1460. The van der Waals surface area contributed by atoms with Gasteiger partial charge in [0.05, 0.1) is 21.6 Å². The number of fused-ring (bicyclic) bond motifs is 1. The molecule has 0 saturated heterocycles. The molecule has 0 amide bonds. The van der Waals surface area contributed by atoms with Gasteiger partial charge in [-0.15, -0.1) is 0 Å². The van der Waals surface area contributed by atoms with Crippen molar-refractivity contribution in [1.29, 1.82) is 5.26 Å². The molecule has 0 bridgehead atoms. The lowest BCUT2D eigenvalue weighted by atomic mass is 10.2. The Kier molecular flexibility index (Phi) is 5.34. The predicted molar refractivity (Wildman–Crippen MR) is 121 cm³/mol. The molecule has 0 aliphatic carbocycles. The van der Waals surface area contributed by atoms with Crippen LogP contribution in [-0.2, 0) is 0 Å². The Morgan fingerprint density at radius 1 is 1.19 bits per heavy atom. The molecule has 0 aliphatic heterocycles. The van der Waals surface area contributed by atoms with E-state index >= 15 is 0 Å². The zero-order chi connectivity index (χ0) is 23.0. The van der Waals surface area contributed by atoms with Crippen LogP contribution in [0.1, 0.15) is 12.5 Å². The number of anilines is 4. The van der Waals surface area contributed by atoms with E-state index in [1.54, 1.807) is 31.2 Å². The minimum Gasteiger partial charge on any atom is -0.382 e. The molecular formula is C21H16ClFN8O. The van der Waals surface area contributed by atoms with E-state index in [1.165, 1.54) is 27.7 Å². The van der Waals surface area contributed by atoms with Crippen LogP contribution in [0.2, 0.25) is 5.02 Å². The largest absolute Gasteiger partial charge is 0.382 e. The molecule has 0 unspecified atom stereocenters. The molecule has 11 heteroatoms. The van der Waals surface area contributed by atoms with Gasteiger partial charge in [-0.2, -0.15) is 15.2 Å². The van der Waals surface area contributed by atoms with E-state index < -0.39 is 11.4 Å². The van der Waals surface area contributed by atoms with Crippen molar-refractivity contribution in [2.24, 2.45) is 0 Å². The third kappa shape index (κ3) is 3.44. The molecule has 4 aromatic rings. The monoisotopic (exact) mass is 450 g/mol. The van der Waals surface area contributed by atoms with Crippen molar-refractivity contribution in [3.63, 3.8) is 0 Å². The van der Waals surface area contributed by atoms with Crippen LogP contribution in [0.4, 0.5) is 27.9 Å². The lowest BCUT2D eigenvalue weighted by molar-refractivity contribution is 0.626. The summed E-state index contributed by atoms with van der Waals surface area (Å²) in [6, 6.07) is 12.3. The summed E-state index contributed by atoms with van der Waals surface area (Å²) >= 11 is 6.29. The third-order valence-corrected chi connectivity index (χ3v) is 5.07. The van der Waals surface area contributed by atoms with Crippen LogP contribution in [0.15, 0.2) is 47.3 Å². The zero-order valence-electron chi connectivity index (χ0n) is 16.8. The second kappa shape index (κ2) is 8.13. The highest BCUT2D eigenvalue weighted by molar-refractivity contribution is 6.35. The van der Waals surface area contributed by atoms with Crippen molar-refractivity contribution in [2.75, 3.05) is 22.9 Å². The first-order valence-corrected chi connectivity index (χ1v) is 9.81. The van der Waals surface area contributed by atoms with Gasteiger partial charge < -0.3 is 11.5 Å². The summed E-state index contributed by atoms with van der Waals surface area (Å²) in [6.07, 6.45) is 0. The van der Waals surface area contributed by atoms with E-state index in [0.29, 0.717) is 5.52 Å². The Morgan fingerprint density at radius 2 is 1.94 bits per heavy atom. The van der Waals surface area contributed by atoms with Gasteiger partial charge in [0.25, 0.3) is 5.56 Å². The molecule has 0 radical (unpaired) electrons. The number of benzene rings is 2. The molecule has 0 fully saturated rings. The van der Waals surface area contributed by atoms with Crippen molar-refractivity contribution in [2.45, 2.75) is 6.92 Å². The van der Waals surface area contributed by atoms with Gasteiger partial charge in [-0.1, -0.05) is 23.7 Å². The molecule has 2 aromatic heterocycles. The fourth-order valence-electron chi connectivity index (χ4n) is 3.38. The zero-order valence-corrected chi connectivity index (χ0v) is 17.5. The number of hydrogen-bond acceptors (Lipinski definition) is 8. The molecule has 32 heavy (non-hydrogen) atoms. The minimum atomic E-state index is -0.545. The summed E-state index contributed by atoms with van der Waals surface area (Å²) in [5.74, 6) is -0.670. The molecule has 0 spiro atoms. The minimum absolute atomic E-state index is 0.0349. The summed E-state index contributed by atoms with van der Waals surface area (Å²) in [6.45, 7) is 1.98. The highest BCUT2D eigenvalue weighted by atomic mass is 35.5. The standard InChI is InChI=1S/C21H16ClFN8O/c1-2-30(18-13(10-24)17(25)28-20(26)29-18)21-27-15-8-4-7-14(22)16(15)19(32)31(21)12-6-3-5-11(23)9-12/h3-9H,2H2,1H3,(H4,25,26,28,29). The van der Waals surface area contributed by atoms with Gasteiger partial charge in [-0.3, -0.25) is 9.69 Å². The van der Waals surface area contributed by atoms with Crippen LogP contribution in [0, 0.1) is 17.1 Å². The van der Waals surface area contributed by atoms with Gasteiger partial charge in [-0.25, -0.2) is 13.9 Å². The van der Waals surface area contributed by atoms with Crippen LogP contribution in [0.25, 0.3) is 16.6 Å². The molecule has 0 saturated carbocycles. The van der Waals surface area contributed by atoms with E-state index in [-0.39, 0.29) is 51.7 Å². The maximum atomic E-state index is 14.1. The van der Waals surface area contributed by atoms with Crippen molar-refractivity contribution in [3.05, 3.63) is 69.2 Å². The summed E-state index contributed by atoms with van der Waals surface area (Å²) in [7, 11) is 0. The molecule has 9 nitrogen and oxygen atoms in total. The van der Waals surface area contributed by atoms with E-state index in [1.807, 2.05) is 6.07 Å². The quantitative estimate of drug-likeness (QED) is 0.483. The summed E-state index contributed by atoms with van der Waals surface area (Å²) in [5, 5.41) is 10.0. The summed E-state index contributed by atoms with van der Waals surface area (Å²) < 4.78 is 15.3. The maximum absolute atomic E-state index is 14.1. The van der Waals surface area contributed by atoms with Gasteiger partial charge >= 0.3 is 0 Å². The first-order chi connectivity index (χ1) is 15.3. The number of nitrogen functional groups attached to an aromatic ring is 2. The van der Waals surface area contributed by atoms with Crippen LogP contribution in [-0.4, -0.2) is 26.1 Å². The topological polar surface area (TPSA) is 140 Å². The Balaban J connectivity index is 2.14. The Morgan fingerprint density at radius 3 is 2.62 bits per heavy atom. The fourth-order valence-corrected chi connectivity index (χ4v) is 3.63. The van der Waals surface area contributed by atoms with Crippen LogP contribution >= 0.6 is 11.6 Å². The van der Waals surface area contributed by atoms with Crippen molar-refractivity contribution in [1.82, 2.24) is 19.5 Å². The predicted octanol–water partition coefficient (Wildman–Crippen LogP) is 3.16. The smallest absolute Gasteiger partial charge is 0.268 e. The summed E-state index contributed by atoms with van der Waals surface area (Å²) in [5.41, 5.74) is 11.6. The second-order valence-corrected chi connectivity index (χ2v) is 7.10. The molecule has 2 aromatic carbocycles. The van der Waals surface area contributed by atoms with Gasteiger partial charge in [0.1, 0.15) is 23.3 Å². The maximum Gasteiger partial charge on any atom is 0.268 e. The second-order valence-electron chi connectivity index (χ2n) is 6.69. The highest BCUT2D eigenvalue weighted by Gasteiger charge is 2.25. The number of nitrogens with two attached hydrogens (primary N) is 2. The highest BCUT2D eigenvalue weighted by Crippen LogP contribution is 2.31. The fraction of sp³-hybridized carbons (Fsp3) is 0.0952. The van der Waals surface area contributed by atoms with Crippen molar-refractivity contribution >= 4 is 46.0 Å². The van der Waals surface area contributed by atoms with E-state index in [2.05, 4.69) is 15.0 Å². The van der Waals surface area contributed by atoms with Crippen molar-refractivity contribution in [3.8, 4) is 11.8 Å². The Hall–Kier alpha value is -4.23. The van der Waals surface area contributed by atoms with E-state index in [0.717, 1.165) is 0 Å². The molecule has 2 heterocycles. The number of nitrogens with zero attached hydrogens (tertiary/aromatic N) is 6.